The fourth-order valence-electron chi connectivity index (χ4n) is 4.11. The Morgan fingerprint density at radius 1 is 0.921 bits per heavy atom. The van der Waals surface area contributed by atoms with Crippen molar-refractivity contribution in [2.45, 2.75) is 30.6 Å². The van der Waals surface area contributed by atoms with Crippen molar-refractivity contribution in [1.82, 2.24) is 25.6 Å². The van der Waals surface area contributed by atoms with E-state index in [0.717, 1.165) is 24.4 Å². The van der Waals surface area contributed by atoms with E-state index < -0.39 is 40.7 Å². The number of amides is 1. The molecule has 2 N–H and O–H groups in total. The second kappa shape index (κ2) is 8.89. The first-order valence-corrected chi connectivity index (χ1v) is 11.0. The lowest BCUT2D eigenvalue weighted by Crippen LogP contribution is -2.28. The molecular weight excluding hydrogens is 521 g/mol. The summed E-state index contributed by atoms with van der Waals surface area (Å²) in [5, 5.41) is 16.2. The van der Waals surface area contributed by atoms with Crippen LogP contribution >= 0.6 is 0 Å². The molecule has 2 aromatic carbocycles. The van der Waals surface area contributed by atoms with E-state index in [1.807, 2.05) is 0 Å². The molecule has 7 nitrogen and oxygen atoms in total. The van der Waals surface area contributed by atoms with Gasteiger partial charge in [0.25, 0.3) is 0 Å². The second-order valence-electron chi connectivity index (χ2n) is 8.69. The Morgan fingerprint density at radius 2 is 1.68 bits per heavy atom. The van der Waals surface area contributed by atoms with Crippen molar-refractivity contribution in [2.24, 2.45) is 0 Å². The summed E-state index contributed by atoms with van der Waals surface area (Å²) in [6.45, 7) is 0. The van der Waals surface area contributed by atoms with Crippen LogP contribution < -0.4 is 5.32 Å². The highest BCUT2D eigenvalue weighted by Gasteiger charge is 2.52. The van der Waals surface area contributed by atoms with Crippen LogP contribution in [0.5, 0.6) is 0 Å². The number of aromatic nitrogens is 5. The van der Waals surface area contributed by atoms with Gasteiger partial charge < -0.3 is 5.32 Å². The van der Waals surface area contributed by atoms with Crippen LogP contribution in [0.25, 0.3) is 22.5 Å². The number of nitrogens with one attached hydrogen (secondary N) is 2. The minimum Gasteiger partial charge on any atom is -0.325 e. The fourth-order valence-corrected chi connectivity index (χ4v) is 4.11. The molecule has 0 unspecified atom stereocenters. The summed E-state index contributed by atoms with van der Waals surface area (Å²) in [5.41, 5.74) is -2.53. The first kappa shape index (κ1) is 25.3. The number of nitrogens with zero attached hydrogens (tertiary/aromatic N) is 4. The number of hydrogen-bond donors (Lipinski definition) is 2. The molecule has 2 heterocycles. The van der Waals surface area contributed by atoms with Crippen LogP contribution in [0.2, 0.25) is 0 Å². The van der Waals surface area contributed by atoms with Crippen LogP contribution in [0.3, 0.4) is 0 Å². The highest BCUT2D eigenvalue weighted by molar-refractivity contribution is 6.02. The normalized spacial score (nSPS) is 14.8. The maximum atomic E-state index is 14.0. The lowest BCUT2D eigenvalue weighted by molar-refractivity contribution is -0.141. The van der Waals surface area contributed by atoms with E-state index in [1.54, 1.807) is 0 Å². The van der Waals surface area contributed by atoms with Gasteiger partial charge in [-0.2, -0.15) is 31.6 Å². The van der Waals surface area contributed by atoms with Crippen molar-refractivity contribution < 1.29 is 35.5 Å². The number of halogens is 7. The van der Waals surface area contributed by atoms with Gasteiger partial charge in [-0.3, -0.25) is 9.78 Å². The van der Waals surface area contributed by atoms with Gasteiger partial charge in [0.05, 0.1) is 11.0 Å². The molecule has 1 aliphatic rings. The summed E-state index contributed by atoms with van der Waals surface area (Å²) in [6.07, 6.45) is -7.95. The van der Waals surface area contributed by atoms with Crippen molar-refractivity contribution in [1.29, 1.82) is 0 Å². The van der Waals surface area contributed by atoms with E-state index in [-0.39, 0.29) is 35.5 Å². The van der Waals surface area contributed by atoms with Crippen LogP contribution in [0, 0.1) is 5.82 Å². The van der Waals surface area contributed by atoms with E-state index in [2.05, 4.69) is 30.9 Å². The Bertz CT molecular complexity index is 1490. The molecule has 5 rings (SSSR count). The van der Waals surface area contributed by atoms with Gasteiger partial charge in [-0.25, -0.2) is 4.39 Å². The quantitative estimate of drug-likeness (QED) is 0.316. The zero-order valence-corrected chi connectivity index (χ0v) is 19.0. The first-order chi connectivity index (χ1) is 17.9. The number of aromatic amines is 1. The van der Waals surface area contributed by atoms with Crippen LogP contribution in [0.4, 0.5) is 36.4 Å². The average Bonchev–Trinajstić information content (AvgIpc) is 3.49. The Balaban J connectivity index is 1.47. The number of H-pyrrole nitrogens is 1. The molecule has 1 fully saturated rings. The number of alkyl halides is 6. The van der Waals surface area contributed by atoms with Crippen molar-refractivity contribution in [3.05, 3.63) is 77.4 Å². The standard InChI is InChI=1S/C24H15F7N6O/c25-15-8-13(7-14(9-15)23(26,27)28)22(5-6-22)21(38)33-16-2-3-17(18(10-16)20-34-36-37-35-20)12-1-4-19(32-11-12)24(29,30)31/h1-4,7-11H,5-6H2,(H,33,38)(H,34,35,36,37). The molecule has 0 saturated heterocycles. The molecule has 2 aromatic heterocycles. The minimum atomic E-state index is -4.79. The highest BCUT2D eigenvalue weighted by atomic mass is 19.4. The van der Waals surface area contributed by atoms with Crippen LogP contribution in [0.15, 0.2) is 54.7 Å². The Labute approximate surface area is 209 Å². The Hall–Kier alpha value is -4.36. The minimum absolute atomic E-state index is 0.0667. The largest absolute Gasteiger partial charge is 0.433 e. The number of rotatable bonds is 5. The third-order valence-electron chi connectivity index (χ3n) is 6.19. The molecule has 0 bridgehead atoms. The van der Waals surface area contributed by atoms with Gasteiger partial charge in [0.1, 0.15) is 11.5 Å². The maximum absolute atomic E-state index is 14.0. The van der Waals surface area contributed by atoms with Crippen molar-refractivity contribution in [3.63, 3.8) is 0 Å². The Kier molecular flexibility index (Phi) is 5.92. The molecule has 1 amide bonds. The second-order valence-corrected chi connectivity index (χ2v) is 8.69. The molecule has 1 saturated carbocycles. The summed E-state index contributed by atoms with van der Waals surface area (Å²) < 4.78 is 92.3. The number of carbonyl (C=O) groups excluding carboxylic acids is 1. The number of anilines is 1. The number of carbonyl (C=O) groups is 1. The first-order valence-electron chi connectivity index (χ1n) is 11.0. The summed E-state index contributed by atoms with van der Waals surface area (Å²) in [4.78, 5) is 16.6. The van der Waals surface area contributed by atoms with Crippen LogP contribution in [-0.4, -0.2) is 31.5 Å². The van der Waals surface area contributed by atoms with Gasteiger partial charge in [-0.05, 0) is 65.6 Å². The third-order valence-corrected chi connectivity index (χ3v) is 6.19. The number of tetrazole rings is 1. The zero-order valence-electron chi connectivity index (χ0n) is 19.0. The predicted octanol–water partition coefficient (Wildman–Crippen LogP) is 5.78. The maximum Gasteiger partial charge on any atom is 0.433 e. The van der Waals surface area contributed by atoms with Gasteiger partial charge in [0.2, 0.25) is 11.7 Å². The fraction of sp³-hybridized carbons (Fsp3) is 0.208. The van der Waals surface area contributed by atoms with Crippen LogP contribution in [-0.2, 0) is 22.6 Å². The average molecular weight is 536 g/mol. The third kappa shape index (κ3) is 4.80. The molecule has 0 spiro atoms. The molecule has 4 aromatic rings. The number of hydrogen-bond acceptors (Lipinski definition) is 5. The highest BCUT2D eigenvalue weighted by Crippen LogP contribution is 2.50. The molecule has 38 heavy (non-hydrogen) atoms. The molecule has 0 atom stereocenters. The van der Waals surface area contributed by atoms with Gasteiger partial charge in [-0.15, -0.1) is 10.2 Å². The van der Waals surface area contributed by atoms with Crippen molar-refractivity contribution in [3.8, 4) is 22.5 Å². The van der Waals surface area contributed by atoms with E-state index >= 15 is 0 Å². The summed E-state index contributed by atoms with van der Waals surface area (Å²) >= 11 is 0. The van der Waals surface area contributed by atoms with Gasteiger partial charge in [-0.1, -0.05) is 12.1 Å². The molecule has 0 radical (unpaired) electrons. The number of pyridine rings is 1. The van der Waals surface area contributed by atoms with E-state index in [9.17, 15) is 35.5 Å². The van der Waals surface area contributed by atoms with Gasteiger partial charge in [0, 0.05) is 23.0 Å². The molecule has 0 aliphatic heterocycles. The zero-order chi connectivity index (χ0) is 27.3. The summed E-state index contributed by atoms with van der Waals surface area (Å²) in [7, 11) is 0. The van der Waals surface area contributed by atoms with Crippen LogP contribution in [0.1, 0.15) is 29.7 Å². The van der Waals surface area contributed by atoms with E-state index in [0.29, 0.717) is 17.2 Å². The monoisotopic (exact) mass is 536 g/mol. The number of benzene rings is 2. The van der Waals surface area contributed by atoms with E-state index in [1.165, 1.54) is 24.3 Å². The smallest absolute Gasteiger partial charge is 0.325 e. The lowest BCUT2D eigenvalue weighted by atomic mass is 9.92. The predicted molar refractivity (Wildman–Crippen MR) is 119 cm³/mol. The molecule has 14 heteroatoms. The molecular formula is C24H15F7N6O. The van der Waals surface area contributed by atoms with Gasteiger partial charge in [0.15, 0.2) is 0 Å². The van der Waals surface area contributed by atoms with Crippen molar-refractivity contribution >= 4 is 11.6 Å². The molecule has 1 aliphatic carbocycles. The summed E-state index contributed by atoms with van der Waals surface area (Å²) in [6, 6.07) is 8.47. The molecule has 196 valence electrons. The Morgan fingerprint density at radius 3 is 2.26 bits per heavy atom. The summed E-state index contributed by atoms with van der Waals surface area (Å²) in [5.74, 6) is -1.68. The lowest BCUT2D eigenvalue weighted by Gasteiger charge is -2.18. The van der Waals surface area contributed by atoms with Gasteiger partial charge >= 0.3 is 12.4 Å². The van der Waals surface area contributed by atoms with Crippen molar-refractivity contribution in [2.75, 3.05) is 5.32 Å². The van der Waals surface area contributed by atoms with E-state index in [4.69, 9.17) is 0 Å². The topological polar surface area (TPSA) is 96.5 Å². The SMILES string of the molecule is O=C(Nc1ccc(-c2ccc(C(F)(F)F)nc2)c(-c2nn[nH]n2)c1)C1(c2cc(F)cc(C(F)(F)F)c2)CC1.